The summed E-state index contributed by atoms with van der Waals surface area (Å²) in [6.07, 6.45) is 5.24. The lowest BCUT2D eigenvalue weighted by Gasteiger charge is -2.36. The van der Waals surface area contributed by atoms with Gasteiger partial charge in [0.2, 0.25) is 11.8 Å². The monoisotopic (exact) mass is 687 g/mol. The summed E-state index contributed by atoms with van der Waals surface area (Å²) in [5.74, 6) is -1.12. The zero-order valence-electron chi connectivity index (χ0n) is 29.0. The lowest BCUT2D eigenvalue weighted by atomic mass is 9.83. The highest BCUT2D eigenvalue weighted by Crippen LogP contribution is 2.30. The summed E-state index contributed by atoms with van der Waals surface area (Å²) in [6.45, 7) is 7.69. The van der Waals surface area contributed by atoms with Crippen LogP contribution in [0.1, 0.15) is 84.1 Å². The quantitative estimate of drug-likeness (QED) is 0.197. The molecule has 0 aromatic heterocycles. The minimum absolute atomic E-state index is 0.0464. The van der Waals surface area contributed by atoms with Crippen LogP contribution in [0.15, 0.2) is 42.5 Å². The van der Waals surface area contributed by atoms with Gasteiger partial charge in [-0.25, -0.2) is 8.42 Å². The van der Waals surface area contributed by atoms with E-state index in [2.05, 4.69) is 10.6 Å². The first-order valence-electron chi connectivity index (χ1n) is 18.0. The molecular formula is C37H57N3O7S. The Morgan fingerprint density at radius 2 is 1.69 bits per heavy atom. The van der Waals surface area contributed by atoms with E-state index in [1.54, 1.807) is 0 Å². The molecule has 1 saturated heterocycles. The molecule has 2 amide bonds. The highest BCUT2D eigenvalue weighted by Gasteiger charge is 2.47. The second kappa shape index (κ2) is 17.9. The van der Waals surface area contributed by atoms with Gasteiger partial charge in [-0.2, -0.15) is 0 Å². The maximum atomic E-state index is 14.2. The Kier molecular flexibility index (Phi) is 14.3. The number of hydrogen-bond donors (Lipinski definition) is 4. The third-order valence-electron chi connectivity index (χ3n) is 10.4. The molecule has 11 heteroatoms. The number of fused-ring (bicyclic) bond motifs is 1. The van der Waals surface area contributed by atoms with Crippen molar-refractivity contribution in [2.75, 3.05) is 38.6 Å². The zero-order valence-corrected chi connectivity index (χ0v) is 29.8. The highest BCUT2D eigenvalue weighted by molar-refractivity contribution is 7.93. The highest BCUT2D eigenvalue weighted by atomic mass is 32.2. The van der Waals surface area contributed by atoms with Gasteiger partial charge in [-0.3, -0.25) is 14.5 Å². The van der Waals surface area contributed by atoms with Crippen molar-refractivity contribution in [2.45, 2.75) is 114 Å². The van der Waals surface area contributed by atoms with Crippen LogP contribution >= 0.6 is 0 Å². The number of nitrogens with zero attached hydrogens (tertiary/aromatic N) is 1. The minimum atomic E-state index is -3.93. The Balaban J connectivity index is 1.56. The molecule has 2 aliphatic rings. The van der Waals surface area contributed by atoms with Crippen LogP contribution in [0.3, 0.4) is 0 Å². The Hall–Kier alpha value is -2.57. The summed E-state index contributed by atoms with van der Waals surface area (Å²) in [7, 11) is -3.93. The van der Waals surface area contributed by atoms with Crippen molar-refractivity contribution in [3.8, 4) is 0 Å². The minimum Gasteiger partial charge on any atom is -0.389 e. The molecule has 4 rings (SSSR count). The van der Waals surface area contributed by atoms with E-state index >= 15 is 0 Å². The Bertz CT molecular complexity index is 1440. The number of unbranched alkanes of at least 4 members (excludes halogenated alkanes) is 1. The van der Waals surface area contributed by atoms with Crippen LogP contribution in [-0.2, 0) is 30.6 Å². The van der Waals surface area contributed by atoms with Gasteiger partial charge in [0, 0.05) is 31.8 Å². The van der Waals surface area contributed by atoms with Gasteiger partial charge in [0.15, 0.2) is 14.6 Å². The number of hydrogen-bond acceptors (Lipinski definition) is 8. The fourth-order valence-corrected chi connectivity index (χ4v) is 8.58. The van der Waals surface area contributed by atoms with E-state index < -0.39 is 50.7 Å². The van der Waals surface area contributed by atoms with E-state index in [1.807, 2.05) is 54.3 Å². The topological polar surface area (TPSA) is 145 Å². The van der Waals surface area contributed by atoms with Gasteiger partial charge in [0.05, 0.1) is 25.4 Å². The summed E-state index contributed by atoms with van der Waals surface area (Å²) in [4.78, 5) is 30.3. The number of aliphatic hydroxyl groups is 2. The fraction of sp³-hybridized carbons (Fsp3) is 0.676. The number of nitrogens with one attached hydrogen (secondary N) is 2. The maximum Gasteiger partial charge on any atom is 0.242 e. The van der Waals surface area contributed by atoms with Gasteiger partial charge >= 0.3 is 0 Å². The molecule has 268 valence electrons. The van der Waals surface area contributed by atoms with Crippen molar-refractivity contribution in [1.29, 1.82) is 0 Å². The van der Waals surface area contributed by atoms with Crippen molar-refractivity contribution in [2.24, 2.45) is 5.92 Å². The van der Waals surface area contributed by atoms with Crippen LogP contribution in [0.25, 0.3) is 10.8 Å². The lowest BCUT2D eigenvalue weighted by molar-refractivity contribution is -0.132. The van der Waals surface area contributed by atoms with Gasteiger partial charge in [0.1, 0.15) is 12.1 Å². The lowest BCUT2D eigenvalue weighted by Crippen LogP contribution is -2.60. The molecular weight excluding hydrogens is 630 g/mol. The smallest absolute Gasteiger partial charge is 0.242 e. The molecule has 48 heavy (non-hydrogen) atoms. The number of benzene rings is 2. The van der Waals surface area contributed by atoms with Crippen LogP contribution in [0.4, 0.5) is 0 Å². The summed E-state index contributed by atoms with van der Waals surface area (Å²) >= 11 is 0. The molecule has 1 aliphatic heterocycles. The van der Waals surface area contributed by atoms with E-state index in [4.69, 9.17) is 4.74 Å². The standard InChI is InChI=1S/C37H57N3O7S/c1-4-6-19-31(39-36(44)37(3,48(45,46)5-2)25-29-17-12-16-28-15-10-11-18-30(28)29)35(43)38-32(24-27-13-8-7-9-14-27)34(42)33(41)26-40-20-22-47-23-21-40/h10-12,15-18,27,31-34,41-42H,4-9,13-14,19-26H2,1-3H3,(H,38,43)(H,39,44)/t31-,32+,33+,34+,37-/m0/s1. The zero-order chi connectivity index (χ0) is 34.7. The molecule has 0 radical (unpaired) electrons. The first kappa shape index (κ1) is 38.2. The number of rotatable bonds is 17. The first-order chi connectivity index (χ1) is 23.0. The summed E-state index contributed by atoms with van der Waals surface area (Å²) in [6, 6.07) is 11.6. The molecule has 2 aromatic carbocycles. The van der Waals surface area contributed by atoms with Crippen molar-refractivity contribution in [3.05, 3.63) is 48.0 Å². The number of carbonyl (C=O) groups is 2. The largest absolute Gasteiger partial charge is 0.389 e. The number of morpholine rings is 1. The average Bonchev–Trinajstić information content (AvgIpc) is 3.10. The molecule has 10 nitrogen and oxygen atoms in total. The molecule has 2 aromatic rings. The number of amides is 2. The van der Waals surface area contributed by atoms with E-state index in [9.17, 15) is 28.2 Å². The molecule has 2 fully saturated rings. The van der Waals surface area contributed by atoms with Gasteiger partial charge in [0.25, 0.3) is 0 Å². The van der Waals surface area contributed by atoms with E-state index in [1.165, 1.54) is 20.3 Å². The second-order valence-electron chi connectivity index (χ2n) is 13.9. The molecule has 0 bridgehead atoms. The van der Waals surface area contributed by atoms with Gasteiger partial charge in [-0.15, -0.1) is 0 Å². The summed E-state index contributed by atoms with van der Waals surface area (Å²) < 4.78 is 30.9. The summed E-state index contributed by atoms with van der Waals surface area (Å²) in [5.41, 5.74) is 0.738. The van der Waals surface area contributed by atoms with E-state index in [0.29, 0.717) is 51.5 Å². The predicted molar refractivity (Wildman–Crippen MR) is 189 cm³/mol. The number of carbonyl (C=O) groups excluding carboxylic acids is 2. The van der Waals surface area contributed by atoms with Gasteiger partial charge < -0.3 is 25.6 Å². The average molecular weight is 688 g/mol. The van der Waals surface area contributed by atoms with Crippen LogP contribution in [0.2, 0.25) is 0 Å². The van der Waals surface area contributed by atoms with E-state index in [-0.39, 0.29) is 18.7 Å². The Labute approximate surface area is 286 Å². The SMILES string of the molecule is CCCC[C@H](NC(=O)[C@](C)(Cc1cccc2ccccc12)S(=O)(=O)CC)C(=O)N[C@H](CC1CCCCC1)[C@@H](O)[C@H](O)CN1CCOCC1. The van der Waals surface area contributed by atoms with Crippen LogP contribution in [0.5, 0.6) is 0 Å². The molecule has 4 N–H and O–H groups in total. The molecule has 0 unspecified atom stereocenters. The number of aliphatic hydroxyl groups excluding tert-OH is 2. The molecule has 1 aliphatic carbocycles. The van der Waals surface area contributed by atoms with Crippen molar-refractivity contribution in [1.82, 2.24) is 15.5 Å². The van der Waals surface area contributed by atoms with Crippen LogP contribution < -0.4 is 10.6 Å². The van der Waals surface area contributed by atoms with Crippen molar-refractivity contribution >= 4 is 32.4 Å². The third kappa shape index (κ3) is 9.78. The Morgan fingerprint density at radius 3 is 2.38 bits per heavy atom. The summed E-state index contributed by atoms with van der Waals surface area (Å²) in [5, 5.41) is 30.3. The third-order valence-corrected chi connectivity index (χ3v) is 12.9. The molecule has 1 saturated carbocycles. The molecule has 5 atom stereocenters. The van der Waals surface area contributed by atoms with Gasteiger partial charge in [-0.1, -0.05) is 101 Å². The second-order valence-corrected chi connectivity index (χ2v) is 16.7. The van der Waals surface area contributed by atoms with Crippen molar-refractivity contribution in [3.63, 3.8) is 0 Å². The number of ether oxygens (including phenoxy) is 1. The van der Waals surface area contributed by atoms with Crippen LogP contribution in [-0.4, -0.2) is 103 Å². The Morgan fingerprint density at radius 1 is 1.00 bits per heavy atom. The predicted octanol–water partition coefficient (Wildman–Crippen LogP) is 3.76. The van der Waals surface area contributed by atoms with Crippen LogP contribution in [0, 0.1) is 5.92 Å². The molecule has 1 heterocycles. The van der Waals surface area contributed by atoms with Crippen molar-refractivity contribution < 1.29 is 33.0 Å². The molecule has 0 spiro atoms. The maximum absolute atomic E-state index is 14.2. The van der Waals surface area contributed by atoms with Gasteiger partial charge in [-0.05, 0) is 42.0 Å². The first-order valence-corrected chi connectivity index (χ1v) is 19.6. The fourth-order valence-electron chi connectivity index (χ4n) is 7.22. The number of sulfone groups is 1. The van der Waals surface area contributed by atoms with E-state index in [0.717, 1.165) is 48.4 Å². The normalized spacial score (nSPS) is 20.4. The number of β-amino-alcohol motifs (C(OH)–C–C–N with tert-alkyl or cyclic N) is 1.